The highest BCUT2D eigenvalue weighted by Gasteiger charge is 2.26. The zero-order valence-electron chi connectivity index (χ0n) is 16.7. The van der Waals surface area contributed by atoms with Crippen LogP contribution < -0.4 is 19.7 Å². The van der Waals surface area contributed by atoms with E-state index in [-0.39, 0.29) is 5.91 Å². The van der Waals surface area contributed by atoms with Gasteiger partial charge in [0.2, 0.25) is 0 Å². The lowest BCUT2D eigenvalue weighted by atomic mass is 10.1. The smallest absolute Gasteiger partial charge is 0.261 e. The molecule has 0 aromatic heterocycles. The van der Waals surface area contributed by atoms with E-state index in [2.05, 4.69) is 5.32 Å². The Balaban J connectivity index is 1.67. The molecule has 1 aliphatic rings. The first-order valence-electron chi connectivity index (χ1n) is 9.23. The van der Waals surface area contributed by atoms with Gasteiger partial charge in [-0.15, -0.1) is 0 Å². The summed E-state index contributed by atoms with van der Waals surface area (Å²) in [5.41, 5.74) is 2.80. The van der Waals surface area contributed by atoms with E-state index < -0.39 is 5.91 Å². The summed E-state index contributed by atoms with van der Waals surface area (Å²) in [5.74, 6) is 0.786. The number of nitrogens with zero attached hydrogens (tertiary/aromatic N) is 1. The van der Waals surface area contributed by atoms with E-state index in [4.69, 9.17) is 21.1 Å². The number of benzene rings is 3. The minimum Gasteiger partial charge on any atom is -0.496 e. The molecule has 6 nitrogen and oxygen atoms in total. The third-order valence-electron chi connectivity index (χ3n) is 4.87. The molecule has 0 bridgehead atoms. The van der Waals surface area contributed by atoms with E-state index in [1.165, 1.54) is 13.2 Å². The Labute approximate surface area is 179 Å². The number of hydrogen-bond acceptors (Lipinski definition) is 4. The molecule has 2 amide bonds. The number of hydrogen-bond donors (Lipinski definition) is 1. The molecular weight excluding hydrogens is 404 g/mol. The molecule has 1 N–H and O–H groups in total. The van der Waals surface area contributed by atoms with Crippen molar-refractivity contribution in [2.45, 2.75) is 6.92 Å². The predicted octanol–water partition coefficient (Wildman–Crippen LogP) is 5.29. The zero-order chi connectivity index (χ0) is 21.4. The number of halogens is 1. The third kappa shape index (κ3) is 3.57. The van der Waals surface area contributed by atoms with Crippen LogP contribution in [0.15, 0.2) is 54.6 Å². The van der Waals surface area contributed by atoms with Gasteiger partial charge in [-0.05, 0) is 61.0 Å². The lowest BCUT2D eigenvalue weighted by Gasteiger charge is -2.17. The summed E-state index contributed by atoms with van der Waals surface area (Å²) in [6, 6.07) is 15.4. The predicted molar refractivity (Wildman–Crippen MR) is 116 cm³/mol. The maximum atomic E-state index is 13.1. The van der Waals surface area contributed by atoms with Crippen molar-refractivity contribution in [1.82, 2.24) is 0 Å². The van der Waals surface area contributed by atoms with Crippen molar-refractivity contribution in [1.29, 1.82) is 0 Å². The van der Waals surface area contributed by atoms with Gasteiger partial charge >= 0.3 is 0 Å². The van der Waals surface area contributed by atoms with Gasteiger partial charge in [0.15, 0.2) is 5.75 Å². The lowest BCUT2D eigenvalue weighted by Crippen LogP contribution is -2.25. The molecule has 152 valence electrons. The van der Waals surface area contributed by atoms with Crippen molar-refractivity contribution in [2.24, 2.45) is 0 Å². The molecule has 3 aromatic rings. The molecule has 0 atom stereocenters. The van der Waals surface area contributed by atoms with Crippen LogP contribution in [0.5, 0.6) is 17.2 Å². The monoisotopic (exact) mass is 422 g/mol. The first-order valence-corrected chi connectivity index (χ1v) is 9.60. The summed E-state index contributed by atoms with van der Waals surface area (Å²) in [7, 11) is 3.18. The normalized spacial score (nSPS) is 12.4. The fraction of sp³-hybridized carbons (Fsp3) is 0.130. The van der Waals surface area contributed by atoms with E-state index in [1.54, 1.807) is 42.3 Å². The van der Waals surface area contributed by atoms with Crippen molar-refractivity contribution in [3.8, 4) is 17.2 Å². The minimum atomic E-state index is -0.399. The molecule has 7 heteroatoms. The van der Waals surface area contributed by atoms with Crippen LogP contribution in [0.4, 0.5) is 11.4 Å². The van der Waals surface area contributed by atoms with Gasteiger partial charge in [0.1, 0.15) is 11.5 Å². The van der Waals surface area contributed by atoms with Crippen LogP contribution in [0.25, 0.3) is 0 Å². The van der Waals surface area contributed by atoms with Crippen LogP contribution in [0, 0.1) is 6.92 Å². The van der Waals surface area contributed by atoms with Gasteiger partial charge in [-0.2, -0.15) is 0 Å². The van der Waals surface area contributed by atoms with Gasteiger partial charge in [0.25, 0.3) is 11.8 Å². The van der Waals surface area contributed by atoms with Crippen LogP contribution in [0.2, 0.25) is 5.02 Å². The number of amides is 2. The molecule has 0 fully saturated rings. The fourth-order valence-corrected chi connectivity index (χ4v) is 3.48. The highest BCUT2D eigenvalue weighted by molar-refractivity contribution is 6.31. The van der Waals surface area contributed by atoms with Gasteiger partial charge < -0.3 is 19.7 Å². The number of carbonyl (C=O) groups is 2. The summed E-state index contributed by atoms with van der Waals surface area (Å²) in [5, 5.41) is 3.21. The molecule has 4 rings (SSSR count). The average Bonchev–Trinajstić information content (AvgIpc) is 2.83. The van der Waals surface area contributed by atoms with E-state index in [0.29, 0.717) is 44.8 Å². The van der Waals surface area contributed by atoms with Crippen LogP contribution in [0.3, 0.4) is 0 Å². The topological polar surface area (TPSA) is 67.9 Å². The molecule has 0 aliphatic carbocycles. The van der Waals surface area contributed by atoms with E-state index >= 15 is 0 Å². The average molecular weight is 423 g/mol. The number of rotatable bonds is 3. The summed E-state index contributed by atoms with van der Waals surface area (Å²) < 4.78 is 11.2. The van der Waals surface area contributed by atoms with Crippen molar-refractivity contribution in [3.63, 3.8) is 0 Å². The van der Waals surface area contributed by atoms with Gasteiger partial charge in [-0.25, -0.2) is 0 Å². The molecule has 0 unspecified atom stereocenters. The van der Waals surface area contributed by atoms with Crippen LogP contribution in [0.1, 0.15) is 26.3 Å². The van der Waals surface area contributed by atoms with Gasteiger partial charge in [-0.1, -0.05) is 17.7 Å². The maximum Gasteiger partial charge on any atom is 0.261 e. The third-order valence-corrected chi connectivity index (χ3v) is 5.11. The Hall–Kier alpha value is -3.51. The minimum absolute atomic E-state index is 0.231. The molecule has 1 aliphatic heterocycles. The zero-order valence-corrected chi connectivity index (χ0v) is 17.4. The molecule has 1 heterocycles. The van der Waals surface area contributed by atoms with Crippen molar-refractivity contribution < 1.29 is 19.1 Å². The summed E-state index contributed by atoms with van der Waals surface area (Å²) in [6.45, 7) is 1.95. The number of methoxy groups -OCH3 is 1. The summed E-state index contributed by atoms with van der Waals surface area (Å²) >= 11 is 6.02. The number of aryl methyl sites for hydroxylation is 1. The second-order valence-electron chi connectivity index (χ2n) is 6.95. The molecule has 0 saturated heterocycles. The number of anilines is 2. The highest BCUT2D eigenvalue weighted by atomic mass is 35.5. The second-order valence-corrected chi connectivity index (χ2v) is 7.38. The first-order chi connectivity index (χ1) is 14.4. The Morgan fingerprint density at radius 2 is 1.83 bits per heavy atom. The number of fused-ring (bicyclic) bond motifs is 2. The molecule has 30 heavy (non-hydrogen) atoms. The Bertz CT molecular complexity index is 1180. The molecule has 3 aromatic carbocycles. The number of nitrogens with one attached hydrogen (secondary N) is 1. The first kappa shape index (κ1) is 19.8. The van der Waals surface area contributed by atoms with Crippen molar-refractivity contribution >= 4 is 34.8 Å². The number of carbonyl (C=O) groups excluding carboxylic acids is 2. The standard InChI is InChI=1S/C23H19ClN2O4/c1-13-4-7-21-18(10-13)26(2)23(28)17-12-15(6-9-20(17)30-21)25-22(27)16-11-14(24)5-8-19(16)29-3/h4-12H,1-3H3,(H,25,27). The van der Waals surface area contributed by atoms with Gasteiger partial charge in [0, 0.05) is 17.8 Å². The second kappa shape index (κ2) is 7.72. The van der Waals surface area contributed by atoms with Gasteiger partial charge in [-0.3, -0.25) is 9.59 Å². The largest absolute Gasteiger partial charge is 0.496 e. The lowest BCUT2D eigenvalue weighted by molar-refractivity contribution is 0.0989. The SMILES string of the molecule is COc1ccc(Cl)cc1C(=O)Nc1ccc2c(c1)C(=O)N(C)c1cc(C)ccc1O2. The van der Waals surface area contributed by atoms with E-state index in [0.717, 1.165) is 5.56 Å². The molecular formula is C23H19ClN2O4. The number of ether oxygens (including phenoxy) is 2. The highest BCUT2D eigenvalue weighted by Crippen LogP contribution is 2.39. The van der Waals surface area contributed by atoms with Crippen LogP contribution in [-0.4, -0.2) is 26.0 Å². The van der Waals surface area contributed by atoms with Gasteiger partial charge in [0.05, 0.1) is 23.9 Å². The molecule has 0 saturated carbocycles. The quantitative estimate of drug-likeness (QED) is 0.622. The summed E-state index contributed by atoms with van der Waals surface area (Å²) in [4.78, 5) is 27.4. The molecule has 0 spiro atoms. The molecule has 0 radical (unpaired) electrons. The Morgan fingerprint density at radius 1 is 1.07 bits per heavy atom. The summed E-state index contributed by atoms with van der Waals surface area (Å²) in [6.07, 6.45) is 0. The van der Waals surface area contributed by atoms with Crippen molar-refractivity contribution in [2.75, 3.05) is 24.4 Å². The van der Waals surface area contributed by atoms with Crippen molar-refractivity contribution in [3.05, 3.63) is 76.3 Å². The van der Waals surface area contributed by atoms with E-state index in [9.17, 15) is 9.59 Å². The maximum absolute atomic E-state index is 13.1. The fourth-order valence-electron chi connectivity index (χ4n) is 3.30. The Kier molecular flexibility index (Phi) is 5.10. The van der Waals surface area contributed by atoms with Crippen LogP contribution in [-0.2, 0) is 0 Å². The van der Waals surface area contributed by atoms with Crippen LogP contribution >= 0.6 is 11.6 Å². The Morgan fingerprint density at radius 3 is 2.60 bits per heavy atom. The van der Waals surface area contributed by atoms with E-state index in [1.807, 2.05) is 25.1 Å².